The Morgan fingerprint density at radius 2 is 2.12 bits per heavy atom. The molecule has 0 saturated heterocycles. The van der Waals surface area contributed by atoms with Crippen LogP contribution in [-0.2, 0) is 19.1 Å². The van der Waals surface area contributed by atoms with Gasteiger partial charge in [-0.05, 0) is 26.2 Å². The van der Waals surface area contributed by atoms with Gasteiger partial charge in [-0.3, -0.25) is 4.79 Å². The summed E-state index contributed by atoms with van der Waals surface area (Å²) in [5.41, 5.74) is 0.143. The van der Waals surface area contributed by atoms with E-state index in [9.17, 15) is 18.0 Å². The Morgan fingerprint density at radius 3 is 2.80 bits per heavy atom. The third-order valence-electron chi connectivity index (χ3n) is 4.28. The summed E-state index contributed by atoms with van der Waals surface area (Å²) in [6, 6.07) is 0. The van der Waals surface area contributed by atoms with Crippen molar-refractivity contribution in [3.63, 3.8) is 0 Å². The first kappa shape index (κ1) is 17.4. The highest BCUT2D eigenvalue weighted by atomic mass is 19.4. The van der Waals surface area contributed by atoms with Crippen LogP contribution in [0.25, 0.3) is 0 Å². The first-order valence-electron chi connectivity index (χ1n) is 7.95. The lowest BCUT2D eigenvalue weighted by Crippen LogP contribution is -2.34. The Kier molecular flexibility index (Phi) is 4.49. The summed E-state index contributed by atoms with van der Waals surface area (Å²) in [6.07, 6.45) is -0.767. The van der Waals surface area contributed by atoms with E-state index in [1.807, 2.05) is 0 Å². The lowest BCUT2D eigenvalue weighted by Gasteiger charge is -2.24. The molecule has 1 amide bonds. The van der Waals surface area contributed by atoms with Crippen molar-refractivity contribution in [2.75, 3.05) is 6.54 Å². The van der Waals surface area contributed by atoms with Crippen LogP contribution in [0.4, 0.5) is 13.2 Å². The van der Waals surface area contributed by atoms with Gasteiger partial charge in [0, 0.05) is 31.9 Å². The molecule has 25 heavy (non-hydrogen) atoms. The highest BCUT2D eigenvalue weighted by Crippen LogP contribution is 2.30. The van der Waals surface area contributed by atoms with Crippen molar-refractivity contribution in [1.29, 1.82) is 0 Å². The quantitative estimate of drug-likeness (QED) is 0.919. The van der Waals surface area contributed by atoms with E-state index < -0.39 is 11.9 Å². The van der Waals surface area contributed by atoms with Crippen molar-refractivity contribution < 1.29 is 18.0 Å². The van der Waals surface area contributed by atoms with E-state index in [0.29, 0.717) is 48.8 Å². The molecule has 0 radical (unpaired) electrons. The van der Waals surface area contributed by atoms with E-state index in [4.69, 9.17) is 0 Å². The van der Waals surface area contributed by atoms with Gasteiger partial charge < -0.3 is 9.88 Å². The third-order valence-corrected chi connectivity index (χ3v) is 4.28. The molecule has 0 spiro atoms. The van der Waals surface area contributed by atoms with Crippen LogP contribution in [0.3, 0.4) is 0 Å². The topological polar surface area (TPSA) is 72.7 Å². The van der Waals surface area contributed by atoms with E-state index in [1.54, 1.807) is 13.8 Å². The Balaban J connectivity index is 1.61. The van der Waals surface area contributed by atoms with Gasteiger partial charge in [-0.15, -0.1) is 0 Å². The van der Waals surface area contributed by atoms with Crippen LogP contribution in [0, 0.1) is 19.8 Å². The molecule has 1 N–H and O–H groups in total. The van der Waals surface area contributed by atoms with Crippen molar-refractivity contribution in [3.8, 4) is 0 Å². The van der Waals surface area contributed by atoms with Crippen LogP contribution in [0.15, 0.2) is 12.4 Å². The summed E-state index contributed by atoms with van der Waals surface area (Å²) in [6.45, 7) is 4.27. The zero-order valence-corrected chi connectivity index (χ0v) is 13.9. The van der Waals surface area contributed by atoms with Crippen molar-refractivity contribution in [1.82, 2.24) is 24.8 Å². The van der Waals surface area contributed by atoms with Crippen molar-refractivity contribution >= 4 is 5.91 Å². The molecular formula is C16H18F3N5O. The van der Waals surface area contributed by atoms with Crippen molar-refractivity contribution in [2.45, 2.75) is 39.4 Å². The summed E-state index contributed by atoms with van der Waals surface area (Å²) in [5.74, 6) is 0.815. The number of rotatable bonds is 3. The number of alkyl halides is 3. The van der Waals surface area contributed by atoms with Gasteiger partial charge in [0.15, 0.2) is 5.69 Å². The number of nitrogens with one attached hydrogen (secondary N) is 1. The second-order valence-corrected chi connectivity index (χ2v) is 6.22. The van der Waals surface area contributed by atoms with Gasteiger partial charge in [-0.2, -0.15) is 13.2 Å². The van der Waals surface area contributed by atoms with Gasteiger partial charge >= 0.3 is 6.18 Å². The normalized spacial score (nSPS) is 17.2. The molecule has 6 nitrogen and oxygen atoms in total. The molecule has 0 fully saturated rings. The zero-order valence-electron chi connectivity index (χ0n) is 13.9. The zero-order chi connectivity index (χ0) is 18.2. The van der Waals surface area contributed by atoms with E-state index in [0.717, 1.165) is 6.20 Å². The molecule has 0 aliphatic carbocycles. The summed E-state index contributed by atoms with van der Waals surface area (Å²) in [5, 5.41) is 2.82. The summed E-state index contributed by atoms with van der Waals surface area (Å²) < 4.78 is 39.7. The lowest BCUT2D eigenvalue weighted by molar-refractivity contribution is -0.141. The molecule has 3 heterocycles. The van der Waals surface area contributed by atoms with Crippen LogP contribution >= 0.6 is 0 Å². The second kappa shape index (κ2) is 6.45. The molecule has 2 aromatic rings. The summed E-state index contributed by atoms with van der Waals surface area (Å²) in [4.78, 5) is 24.1. The monoisotopic (exact) mass is 353 g/mol. The SMILES string of the molecule is Cc1ncc(C(=O)NCC2CCc3nc(C(F)(F)F)cn3C2)c(C)n1. The summed E-state index contributed by atoms with van der Waals surface area (Å²) in [7, 11) is 0. The number of imidazole rings is 1. The molecule has 2 aromatic heterocycles. The molecule has 9 heteroatoms. The first-order chi connectivity index (χ1) is 11.7. The van der Waals surface area contributed by atoms with E-state index in [2.05, 4.69) is 20.3 Å². The summed E-state index contributed by atoms with van der Waals surface area (Å²) >= 11 is 0. The molecule has 1 aliphatic heterocycles. The fraction of sp³-hybridized carbons (Fsp3) is 0.500. The Morgan fingerprint density at radius 1 is 1.36 bits per heavy atom. The van der Waals surface area contributed by atoms with Gasteiger partial charge in [0.1, 0.15) is 11.6 Å². The fourth-order valence-electron chi connectivity index (χ4n) is 2.96. The highest BCUT2D eigenvalue weighted by molar-refractivity contribution is 5.94. The average Bonchev–Trinajstić information content (AvgIpc) is 2.96. The average molecular weight is 353 g/mol. The first-order valence-corrected chi connectivity index (χ1v) is 7.95. The minimum absolute atomic E-state index is 0.0541. The Hall–Kier alpha value is -2.45. The van der Waals surface area contributed by atoms with Gasteiger partial charge in [-0.1, -0.05) is 0 Å². The number of amides is 1. The van der Waals surface area contributed by atoms with Gasteiger partial charge in [0.25, 0.3) is 5.91 Å². The molecule has 0 saturated carbocycles. The van der Waals surface area contributed by atoms with Crippen LogP contribution < -0.4 is 5.32 Å². The fourth-order valence-corrected chi connectivity index (χ4v) is 2.96. The number of hydrogen-bond donors (Lipinski definition) is 1. The lowest BCUT2D eigenvalue weighted by atomic mass is 9.99. The second-order valence-electron chi connectivity index (χ2n) is 6.22. The number of carbonyl (C=O) groups is 1. The molecule has 0 aromatic carbocycles. The molecular weight excluding hydrogens is 335 g/mol. The minimum Gasteiger partial charge on any atom is -0.352 e. The van der Waals surface area contributed by atoms with Crippen LogP contribution in [-0.4, -0.2) is 32.0 Å². The number of aromatic nitrogens is 4. The molecule has 1 atom stereocenters. The maximum absolute atomic E-state index is 12.7. The third kappa shape index (κ3) is 3.80. The van der Waals surface area contributed by atoms with E-state index in [-0.39, 0.29) is 11.8 Å². The molecule has 0 bridgehead atoms. The molecule has 1 aliphatic rings. The van der Waals surface area contributed by atoms with Crippen molar-refractivity contribution in [2.24, 2.45) is 5.92 Å². The van der Waals surface area contributed by atoms with E-state index >= 15 is 0 Å². The number of aryl methyl sites for hydroxylation is 3. The molecule has 1 unspecified atom stereocenters. The number of hydrogen-bond acceptors (Lipinski definition) is 4. The van der Waals surface area contributed by atoms with Crippen LogP contribution in [0.5, 0.6) is 0 Å². The number of halogens is 3. The van der Waals surface area contributed by atoms with Gasteiger partial charge in [0.05, 0.1) is 11.3 Å². The predicted molar refractivity (Wildman–Crippen MR) is 82.9 cm³/mol. The maximum Gasteiger partial charge on any atom is 0.434 e. The van der Waals surface area contributed by atoms with Gasteiger partial charge in [0.2, 0.25) is 0 Å². The number of nitrogens with zero attached hydrogens (tertiary/aromatic N) is 4. The number of carbonyl (C=O) groups excluding carboxylic acids is 1. The number of fused-ring (bicyclic) bond motifs is 1. The van der Waals surface area contributed by atoms with Crippen LogP contribution in [0.1, 0.15) is 39.8 Å². The van der Waals surface area contributed by atoms with Gasteiger partial charge in [-0.25, -0.2) is 15.0 Å². The van der Waals surface area contributed by atoms with Crippen molar-refractivity contribution in [3.05, 3.63) is 41.0 Å². The van der Waals surface area contributed by atoms with E-state index in [1.165, 1.54) is 10.8 Å². The molecule has 3 rings (SSSR count). The minimum atomic E-state index is -4.43. The molecule has 134 valence electrons. The largest absolute Gasteiger partial charge is 0.434 e. The smallest absolute Gasteiger partial charge is 0.352 e. The predicted octanol–water partition coefficient (Wildman–Crippen LogP) is 2.30. The highest BCUT2D eigenvalue weighted by Gasteiger charge is 2.35. The van der Waals surface area contributed by atoms with Crippen LogP contribution in [0.2, 0.25) is 0 Å². The Bertz CT molecular complexity index is 800. The standard InChI is InChI=1S/C16H18F3N5O/c1-9-12(6-20-10(2)22-9)15(25)21-5-11-3-4-14-23-13(16(17,18)19)8-24(14)7-11/h6,8,11H,3-5,7H2,1-2H3,(H,21,25). The maximum atomic E-state index is 12.7. The Labute approximate surface area is 142 Å².